The van der Waals surface area contributed by atoms with E-state index in [0.29, 0.717) is 38.1 Å². The average molecular weight is 315 g/mol. The Morgan fingerprint density at radius 3 is 2.43 bits per heavy atom. The predicted molar refractivity (Wildman–Crippen MR) is 82.5 cm³/mol. The highest BCUT2D eigenvalue weighted by Gasteiger charge is 2.35. The van der Waals surface area contributed by atoms with Crippen LogP contribution in [0.3, 0.4) is 0 Å². The van der Waals surface area contributed by atoms with Crippen molar-refractivity contribution in [1.82, 2.24) is 4.90 Å². The van der Waals surface area contributed by atoms with Gasteiger partial charge in [0.25, 0.3) is 0 Å². The van der Waals surface area contributed by atoms with E-state index in [9.17, 15) is 9.59 Å². The molecule has 1 saturated heterocycles. The van der Waals surface area contributed by atoms with Crippen molar-refractivity contribution < 1.29 is 19.1 Å². The highest BCUT2D eigenvalue weighted by atomic mass is 32.1. The standard InChI is InChI=1S/C15H25NO4S/c1-15(7-2-3-8-15)20-14(18)16-9-4-12(5-10-16)19-13(17)6-11-21/h12,21H,2-11H2,1H3. The molecule has 0 aromatic carbocycles. The molecule has 5 nitrogen and oxygen atoms in total. The van der Waals surface area contributed by atoms with E-state index in [4.69, 9.17) is 9.47 Å². The van der Waals surface area contributed by atoms with Gasteiger partial charge in [-0.05, 0) is 32.6 Å². The molecule has 21 heavy (non-hydrogen) atoms. The van der Waals surface area contributed by atoms with E-state index < -0.39 is 0 Å². The number of likely N-dealkylation sites (tertiary alicyclic amines) is 1. The maximum absolute atomic E-state index is 12.2. The Bertz CT molecular complexity index is 374. The largest absolute Gasteiger partial charge is 0.462 e. The minimum Gasteiger partial charge on any atom is -0.462 e. The number of hydrogen-bond acceptors (Lipinski definition) is 5. The highest BCUT2D eigenvalue weighted by molar-refractivity contribution is 7.80. The molecule has 0 aromatic heterocycles. The topological polar surface area (TPSA) is 55.8 Å². The van der Waals surface area contributed by atoms with E-state index in [2.05, 4.69) is 12.6 Å². The number of esters is 1. The van der Waals surface area contributed by atoms with Gasteiger partial charge in [-0.2, -0.15) is 12.6 Å². The number of carbonyl (C=O) groups is 2. The monoisotopic (exact) mass is 315 g/mol. The Hall–Kier alpha value is -0.910. The van der Waals surface area contributed by atoms with Gasteiger partial charge in [0.1, 0.15) is 11.7 Å². The zero-order valence-corrected chi connectivity index (χ0v) is 13.6. The number of hydrogen-bond donors (Lipinski definition) is 1. The van der Waals surface area contributed by atoms with Crippen LogP contribution >= 0.6 is 12.6 Å². The molecule has 0 bridgehead atoms. The molecule has 0 N–H and O–H groups in total. The van der Waals surface area contributed by atoms with E-state index >= 15 is 0 Å². The van der Waals surface area contributed by atoms with Gasteiger partial charge >= 0.3 is 12.1 Å². The predicted octanol–water partition coefficient (Wildman–Crippen LogP) is 2.78. The summed E-state index contributed by atoms with van der Waals surface area (Å²) in [5.41, 5.74) is -0.285. The molecule has 0 unspecified atom stereocenters. The van der Waals surface area contributed by atoms with Crippen molar-refractivity contribution in [2.75, 3.05) is 18.8 Å². The SMILES string of the molecule is CC1(OC(=O)N2CCC(OC(=O)CCS)CC2)CCCC1. The lowest BCUT2D eigenvalue weighted by atomic mass is 10.1. The number of ether oxygens (including phenoxy) is 2. The van der Waals surface area contributed by atoms with Gasteiger partial charge in [0.15, 0.2) is 0 Å². The third-order valence-corrected chi connectivity index (χ3v) is 4.53. The molecule has 0 atom stereocenters. The summed E-state index contributed by atoms with van der Waals surface area (Å²) < 4.78 is 11.0. The third-order valence-electron chi connectivity index (χ3n) is 4.31. The number of piperidine rings is 1. The lowest BCUT2D eigenvalue weighted by Gasteiger charge is -2.34. The summed E-state index contributed by atoms with van der Waals surface area (Å²) >= 11 is 4.01. The van der Waals surface area contributed by atoms with Gasteiger partial charge in [0, 0.05) is 31.7 Å². The van der Waals surface area contributed by atoms with E-state index in [-0.39, 0.29) is 23.8 Å². The number of amides is 1. The first-order chi connectivity index (χ1) is 10.0. The molecule has 6 heteroatoms. The van der Waals surface area contributed by atoms with Gasteiger partial charge in [-0.3, -0.25) is 4.79 Å². The minimum absolute atomic E-state index is 0.0801. The first kappa shape index (κ1) is 16.5. The van der Waals surface area contributed by atoms with Crippen molar-refractivity contribution in [3.63, 3.8) is 0 Å². The first-order valence-electron chi connectivity index (χ1n) is 7.81. The lowest BCUT2D eigenvalue weighted by molar-refractivity contribution is -0.150. The number of carbonyl (C=O) groups excluding carboxylic acids is 2. The normalized spacial score (nSPS) is 22.1. The van der Waals surface area contributed by atoms with Gasteiger partial charge in [-0.25, -0.2) is 4.79 Å². The smallest absolute Gasteiger partial charge is 0.410 e. The van der Waals surface area contributed by atoms with Crippen LogP contribution in [0.15, 0.2) is 0 Å². The molecule has 2 aliphatic rings. The summed E-state index contributed by atoms with van der Waals surface area (Å²) in [6.45, 7) is 3.20. The van der Waals surface area contributed by atoms with Crippen molar-refractivity contribution in [3.8, 4) is 0 Å². The second-order valence-corrected chi connectivity index (χ2v) is 6.62. The molecule has 0 aromatic rings. The van der Waals surface area contributed by atoms with Crippen LogP contribution in [0.1, 0.15) is 51.9 Å². The van der Waals surface area contributed by atoms with Gasteiger partial charge in [0.05, 0.1) is 6.42 Å². The molecule has 0 radical (unpaired) electrons. The third kappa shape index (κ3) is 4.80. The van der Waals surface area contributed by atoms with Crippen molar-refractivity contribution in [3.05, 3.63) is 0 Å². The first-order valence-corrected chi connectivity index (χ1v) is 8.44. The van der Waals surface area contributed by atoms with Crippen LogP contribution in [-0.2, 0) is 14.3 Å². The summed E-state index contributed by atoms with van der Waals surface area (Å²) in [4.78, 5) is 25.3. The number of rotatable bonds is 4. The van der Waals surface area contributed by atoms with Gasteiger partial charge < -0.3 is 14.4 Å². The van der Waals surface area contributed by atoms with Crippen LogP contribution in [0, 0.1) is 0 Å². The molecule has 2 fully saturated rings. The fourth-order valence-electron chi connectivity index (χ4n) is 2.99. The Labute approximate surface area is 131 Å². The molecule has 120 valence electrons. The second kappa shape index (κ2) is 7.38. The maximum atomic E-state index is 12.2. The zero-order chi connectivity index (χ0) is 15.3. The summed E-state index contributed by atoms with van der Waals surface area (Å²) in [7, 11) is 0. The van der Waals surface area contributed by atoms with E-state index in [0.717, 1.165) is 25.7 Å². The minimum atomic E-state index is -0.285. The molecular formula is C15H25NO4S. The second-order valence-electron chi connectivity index (χ2n) is 6.17. The number of nitrogens with zero attached hydrogens (tertiary/aromatic N) is 1. The molecule has 1 saturated carbocycles. The van der Waals surface area contributed by atoms with Crippen LogP contribution in [0.25, 0.3) is 0 Å². The Morgan fingerprint density at radius 1 is 1.24 bits per heavy atom. The Balaban J connectivity index is 1.73. The molecule has 2 rings (SSSR count). The van der Waals surface area contributed by atoms with Gasteiger partial charge in [-0.1, -0.05) is 0 Å². The van der Waals surface area contributed by atoms with Crippen LogP contribution in [0.5, 0.6) is 0 Å². The summed E-state index contributed by atoms with van der Waals surface area (Å²) in [5, 5.41) is 0. The molecular weight excluding hydrogens is 290 g/mol. The number of thiol groups is 1. The van der Waals surface area contributed by atoms with Crippen LogP contribution < -0.4 is 0 Å². The van der Waals surface area contributed by atoms with E-state index in [1.807, 2.05) is 6.92 Å². The molecule has 0 spiro atoms. The molecule has 1 aliphatic heterocycles. The van der Waals surface area contributed by atoms with Crippen LogP contribution in [0.2, 0.25) is 0 Å². The molecule has 1 amide bonds. The Morgan fingerprint density at radius 2 is 1.86 bits per heavy atom. The fraction of sp³-hybridized carbons (Fsp3) is 0.867. The zero-order valence-electron chi connectivity index (χ0n) is 12.7. The van der Waals surface area contributed by atoms with Crippen molar-refractivity contribution >= 4 is 24.7 Å². The van der Waals surface area contributed by atoms with E-state index in [1.165, 1.54) is 0 Å². The van der Waals surface area contributed by atoms with E-state index in [1.54, 1.807) is 4.90 Å². The summed E-state index contributed by atoms with van der Waals surface area (Å²) in [6, 6.07) is 0. The van der Waals surface area contributed by atoms with Crippen LogP contribution in [0.4, 0.5) is 4.79 Å². The Kier molecular flexibility index (Phi) is 5.79. The van der Waals surface area contributed by atoms with Crippen LogP contribution in [-0.4, -0.2) is 47.5 Å². The molecule has 1 heterocycles. The molecule has 1 aliphatic carbocycles. The van der Waals surface area contributed by atoms with Crippen molar-refractivity contribution in [2.24, 2.45) is 0 Å². The highest BCUT2D eigenvalue weighted by Crippen LogP contribution is 2.33. The van der Waals surface area contributed by atoms with Gasteiger partial charge in [-0.15, -0.1) is 0 Å². The quantitative estimate of drug-likeness (QED) is 0.640. The summed E-state index contributed by atoms with van der Waals surface area (Å²) in [5.74, 6) is 0.298. The average Bonchev–Trinajstić information content (AvgIpc) is 2.86. The fourth-order valence-corrected chi connectivity index (χ4v) is 3.18. The summed E-state index contributed by atoms with van der Waals surface area (Å²) in [6.07, 6.45) is 5.58. The maximum Gasteiger partial charge on any atom is 0.410 e. The van der Waals surface area contributed by atoms with Crippen molar-refractivity contribution in [1.29, 1.82) is 0 Å². The van der Waals surface area contributed by atoms with Gasteiger partial charge in [0.2, 0.25) is 0 Å². The lowest BCUT2D eigenvalue weighted by Crippen LogP contribution is -2.44. The van der Waals surface area contributed by atoms with Crippen molar-refractivity contribution in [2.45, 2.75) is 63.6 Å².